The van der Waals surface area contributed by atoms with Crippen molar-refractivity contribution in [3.63, 3.8) is 0 Å². The highest BCUT2D eigenvalue weighted by Crippen LogP contribution is 2.30. The van der Waals surface area contributed by atoms with Gasteiger partial charge < -0.3 is 9.73 Å². The van der Waals surface area contributed by atoms with Crippen LogP contribution in [0, 0.1) is 5.92 Å². The van der Waals surface area contributed by atoms with Crippen molar-refractivity contribution in [3.8, 4) is 0 Å². The zero-order chi connectivity index (χ0) is 17.3. The van der Waals surface area contributed by atoms with Crippen molar-refractivity contribution in [2.45, 2.75) is 36.8 Å². The molecule has 0 unspecified atom stereocenters. The summed E-state index contributed by atoms with van der Waals surface area (Å²) in [7, 11) is -3.02. The van der Waals surface area contributed by atoms with Crippen LogP contribution in [0.3, 0.4) is 0 Å². The fourth-order valence-corrected chi connectivity index (χ4v) is 5.32. The van der Waals surface area contributed by atoms with Crippen molar-refractivity contribution in [3.05, 3.63) is 24.3 Å². The lowest BCUT2D eigenvalue weighted by Crippen LogP contribution is -2.42. The van der Waals surface area contributed by atoms with Crippen LogP contribution in [0.15, 0.2) is 33.9 Å². The Morgan fingerprint density at radius 2 is 2.12 bits per heavy atom. The Kier molecular flexibility index (Phi) is 4.87. The molecule has 1 amide bonds. The van der Waals surface area contributed by atoms with E-state index in [0.29, 0.717) is 17.2 Å². The van der Waals surface area contributed by atoms with Crippen molar-refractivity contribution in [1.82, 2.24) is 10.3 Å². The quantitative estimate of drug-likeness (QED) is 0.814. The maximum absolute atomic E-state index is 12.6. The number of carbonyl (C=O) groups excluding carboxylic acids is 1. The summed E-state index contributed by atoms with van der Waals surface area (Å²) in [6.45, 7) is 3.90. The minimum atomic E-state index is -3.02. The normalized spacial score (nSPS) is 21.2. The van der Waals surface area contributed by atoms with E-state index in [1.807, 2.05) is 38.1 Å². The number of para-hydroxylation sites is 2. The van der Waals surface area contributed by atoms with Gasteiger partial charge in [0.05, 0.1) is 16.8 Å². The zero-order valence-electron chi connectivity index (χ0n) is 13.6. The van der Waals surface area contributed by atoms with Crippen LogP contribution in [0.4, 0.5) is 0 Å². The lowest BCUT2D eigenvalue weighted by Gasteiger charge is -2.20. The van der Waals surface area contributed by atoms with Gasteiger partial charge in [0.25, 0.3) is 5.22 Å². The number of aromatic nitrogens is 1. The number of oxazole rings is 1. The molecule has 1 aromatic heterocycles. The Bertz CT molecular complexity index is 812. The molecule has 1 aliphatic rings. The summed E-state index contributed by atoms with van der Waals surface area (Å²) in [6.07, 6.45) is 0.479. The molecule has 2 heterocycles. The minimum absolute atomic E-state index is 0.0249. The van der Waals surface area contributed by atoms with Crippen molar-refractivity contribution in [2.24, 2.45) is 5.92 Å². The molecule has 8 heteroatoms. The molecule has 1 N–H and O–H groups in total. The van der Waals surface area contributed by atoms with E-state index in [4.69, 9.17) is 4.42 Å². The maximum atomic E-state index is 12.6. The number of carbonyl (C=O) groups is 1. The second-order valence-electron chi connectivity index (χ2n) is 6.34. The molecule has 6 nitrogen and oxygen atoms in total. The highest BCUT2D eigenvalue weighted by atomic mass is 32.2. The van der Waals surface area contributed by atoms with Crippen LogP contribution < -0.4 is 5.32 Å². The van der Waals surface area contributed by atoms with E-state index in [-0.39, 0.29) is 34.6 Å². The highest BCUT2D eigenvalue weighted by Gasteiger charge is 2.32. The number of sulfone groups is 1. The van der Waals surface area contributed by atoms with Crippen LogP contribution in [0.5, 0.6) is 0 Å². The summed E-state index contributed by atoms with van der Waals surface area (Å²) < 4.78 is 28.7. The molecule has 1 aliphatic heterocycles. The topological polar surface area (TPSA) is 89.3 Å². The number of hydrogen-bond donors (Lipinski definition) is 1. The minimum Gasteiger partial charge on any atom is -0.431 e. The molecule has 2 atom stereocenters. The number of thioether (sulfide) groups is 1. The molecule has 130 valence electrons. The molecular formula is C16H20N2O4S2. The SMILES string of the molecule is CC(C)[C@@H](Sc1nc2ccccc2o1)C(=O)N[C@H]1CCS(=O)(=O)C1. The van der Waals surface area contributed by atoms with Crippen LogP contribution in [0.25, 0.3) is 11.1 Å². The first-order valence-electron chi connectivity index (χ1n) is 7.87. The Hall–Kier alpha value is -1.54. The standard InChI is InChI=1S/C16H20N2O4S2/c1-10(2)14(15(19)17-11-7-8-24(20,21)9-11)23-16-18-12-5-3-4-6-13(12)22-16/h3-6,10-11,14H,7-9H2,1-2H3,(H,17,19)/t11-,14+/m0/s1. The van der Waals surface area contributed by atoms with Crippen LogP contribution in [-0.2, 0) is 14.6 Å². The summed E-state index contributed by atoms with van der Waals surface area (Å²) in [5, 5.41) is 2.92. The van der Waals surface area contributed by atoms with Crippen molar-refractivity contribution in [2.75, 3.05) is 11.5 Å². The molecule has 0 radical (unpaired) electrons. The van der Waals surface area contributed by atoms with E-state index in [1.165, 1.54) is 11.8 Å². The molecule has 0 aliphatic carbocycles. The van der Waals surface area contributed by atoms with Crippen LogP contribution >= 0.6 is 11.8 Å². The predicted molar refractivity (Wildman–Crippen MR) is 93.7 cm³/mol. The smallest absolute Gasteiger partial charge is 0.257 e. The number of nitrogens with zero attached hydrogens (tertiary/aromatic N) is 1. The molecule has 1 saturated heterocycles. The van der Waals surface area contributed by atoms with Crippen molar-refractivity contribution in [1.29, 1.82) is 0 Å². The Morgan fingerprint density at radius 1 is 1.38 bits per heavy atom. The van der Waals surface area contributed by atoms with Gasteiger partial charge in [-0.1, -0.05) is 37.7 Å². The average molecular weight is 368 g/mol. The van der Waals surface area contributed by atoms with E-state index in [1.54, 1.807) is 0 Å². The van der Waals surface area contributed by atoms with Crippen molar-refractivity contribution < 1.29 is 17.6 Å². The number of fused-ring (bicyclic) bond motifs is 1. The van der Waals surface area contributed by atoms with E-state index >= 15 is 0 Å². The lowest BCUT2D eigenvalue weighted by atomic mass is 10.1. The fraction of sp³-hybridized carbons (Fsp3) is 0.500. The number of nitrogens with one attached hydrogen (secondary N) is 1. The first-order valence-corrected chi connectivity index (χ1v) is 10.6. The number of hydrogen-bond acceptors (Lipinski definition) is 6. The molecule has 2 aromatic rings. The van der Waals surface area contributed by atoms with Crippen LogP contribution in [-0.4, -0.2) is 42.1 Å². The van der Waals surface area contributed by atoms with Gasteiger partial charge in [0, 0.05) is 6.04 Å². The van der Waals surface area contributed by atoms with E-state index in [2.05, 4.69) is 10.3 Å². The Labute approximate surface area is 145 Å². The molecule has 0 spiro atoms. The third-order valence-electron chi connectivity index (χ3n) is 3.94. The van der Waals surface area contributed by atoms with Gasteiger partial charge in [-0.15, -0.1) is 0 Å². The maximum Gasteiger partial charge on any atom is 0.257 e. The van der Waals surface area contributed by atoms with Crippen LogP contribution in [0.1, 0.15) is 20.3 Å². The Balaban J connectivity index is 1.71. The molecular weight excluding hydrogens is 348 g/mol. The van der Waals surface area contributed by atoms with Gasteiger partial charge in [0.15, 0.2) is 15.4 Å². The second-order valence-corrected chi connectivity index (χ2v) is 9.66. The van der Waals surface area contributed by atoms with E-state index < -0.39 is 9.84 Å². The number of benzene rings is 1. The average Bonchev–Trinajstić information content (AvgIpc) is 3.06. The predicted octanol–water partition coefficient (Wildman–Crippen LogP) is 2.25. The number of amides is 1. The van der Waals surface area contributed by atoms with Crippen molar-refractivity contribution >= 4 is 38.6 Å². The third-order valence-corrected chi connectivity index (χ3v) is 7.10. The lowest BCUT2D eigenvalue weighted by molar-refractivity contribution is -0.121. The first-order chi connectivity index (χ1) is 11.3. The van der Waals surface area contributed by atoms with Gasteiger partial charge >= 0.3 is 0 Å². The van der Waals surface area contributed by atoms with Gasteiger partial charge in [0.1, 0.15) is 5.52 Å². The summed E-state index contributed by atoms with van der Waals surface area (Å²) >= 11 is 1.27. The molecule has 1 fully saturated rings. The van der Waals surface area contributed by atoms with Gasteiger partial charge in [-0.05, 0) is 24.5 Å². The second kappa shape index (κ2) is 6.76. The molecule has 0 bridgehead atoms. The van der Waals surface area contributed by atoms with Crippen LogP contribution in [0.2, 0.25) is 0 Å². The van der Waals surface area contributed by atoms with E-state index in [9.17, 15) is 13.2 Å². The monoisotopic (exact) mass is 368 g/mol. The summed E-state index contributed by atoms with van der Waals surface area (Å²) in [4.78, 5) is 17.0. The summed E-state index contributed by atoms with van der Waals surface area (Å²) in [5.41, 5.74) is 1.44. The first kappa shape index (κ1) is 17.3. The molecule has 0 saturated carbocycles. The zero-order valence-corrected chi connectivity index (χ0v) is 15.2. The molecule has 3 rings (SSSR count). The van der Waals surface area contributed by atoms with E-state index in [0.717, 1.165) is 5.52 Å². The Morgan fingerprint density at radius 3 is 2.75 bits per heavy atom. The highest BCUT2D eigenvalue weighted by molar-refractivity contribution is 8.00. The fourth-order valence-electron chi connectivity index (χ4n) is 2.69. The molecule has 24 heavy (non-hydrogen) atoms. The van der Waals surface area contributed by atoms with Gasteiger partial charge in [-0.25, -0.2) is 13.4 Å². The third kappa shape index (κ3) is 3.92. The number of rotatable bonds is 5. The van der Waals surface area contributed by atoms with Gasteiger partial charge in [0.2, 0.25) is 5.91 Å². The molecule has 1 aromatic carbocycles. The van der Waals surface area contributed by atoms with Gasteiger partial charge in [-0.2, -0.15) is 0 Å². The summed E-state index contributed by atoms with van der Waals surface area (Å²) in [6, 6.07) is 7.14. The largest absolute Gasteiger partial charge is 0.431 e. The van der Waals surface area contributed by atoms with Gasteiger partial charge in [-0.3, -0.25) is 4.79 Å². The summed E-state index contributed by atoms with van der Waals surface area (Å²) in [5.74, 6) is 0.0574.